The maximum absolute atomic E-state index is 11.7. The Balaban J connectivity index is -0.000000720. The van der Waals surface area contributed by atoms with E-state index in [1.165, 1.54) is 0 Å². The largest absolute Gasteiger partial charge is 1.00 e. The Morgan fingerprint density at radius 3 is 1.27 bits per heavy atom. The number of halogens is 7. The molecular weight excluding hydrogens is 252 g/mol. The van der Waals surface area contributed by atoms with Gasteiger partial charge in [0.2, 0.25) is 0 Å². The maximum Gasteiger partial charge on any atom is 1.00 e. The van der Waals surface area contributed by atoms with Crippen LogP contribution in [0.15, 0.2) is 0 Å². The molecule has 2 N–H and O–H groups in total. The number of rotatable bonds is 2. The van der Waals surface area contributed by atoms with Crippen molar-refractivity contribution in [3.05, 3.63) is 0 Å². The van der Waals surface area contributed by atoms with Crippen LogP contribution in [-0.2, 0) is 4.79 Å². The molecule has 0 atom stereocenters. The summed E-state index contributed by atoms with van der Waals surface area (Å²) in [5.41, 5.74) is 0. The third kappa shape index (κ3) is 3.47. The van der Waals surface area contributed by atoms with Crippen molar-refractivity contribution < 1.29 is 75.7 Å². The van der Waals surface area contributed by atoms with Crippen LogP contribution < -0.4 is 34.7 Å². The van der Waals surface area contributed by atoms with E-state index in [-0.39, 0.29) is 35.0 Å². The van der Waals surface area contributed by atoms with Gasteiger partial charge in [-0.25, -0.2) is 0 Å². The van der Waals surface area contributed by atoms with Crippen molar-refractivity contribution in [2.24, 2.45) is 0 Å². The number of carbonyl (C=O) groups is 1. The summed E-state index contributed by atoms with van der Waals surface area (Å²) in [5.74, 6) is -16.7. The van der Waals surface area contributed by atoms with E-state index in [4.69, 9.17) is 0 Å². The normalized spacial score (nSPS) is 12.5. The average molecular weight is 254 g/mol. The molecule has 0 amide bonds. The van der Waals surface area contributed by atoms with E-state index in [0.29, 0.717) is 0 Å². The van der Waals surface area contributed by atoms with E-state index in [1.807, 2.05) is 0 Å². The quantitative estimate of drug-likeness (QED) is 0.383. The number of alkyl halides is 7. The molecule has 0 spiro atoms. The van der Waals surface area contributed by atoms with Gasteiger partial charge in [0.05, 0.1) is 0 Å². The first kappa shape index (κ1) is 20.4. The molecule has 0 saturated carbocycles. The van der Waals surface area contributed by atoms with Gasteiger partial charge in [-0.1, -0.05) is 0 Å². The van der Waals surface area contributed by atoms with Gasteiger partial charge in [-0.15, -0.1) is 0 Å². The summed E-state index contributed by atoms with van der Waals surface area (Å²) in [4.78, 5) is 9.27. The minimum Gasteiger partial charge on any atom is -0.544 e. The standard InChI is InChI=1S/C4HF7O2.Na.H2O/c5-2(6,1(12)13)3(7,8)4(9,10)11;;/h(H,12,13);;1H2/q;+1;/p-1. The van der Waals surface area contributed by atoms with Crippen LogP contribution in [0.2, 0.25) is 0 Å². The van der Waals surface area contributed by atoms with Crippen molar-refractivity contribution in [2.45, 2.75) is 18.0 Å². The van der Waals surface area contributed by atoms with Crippen molar-refractivity contribution in [1.82, 2.24) is 0 Å². The second kappa shape index (κ2) is 5.32. The third-order valence-electron chi connectivity index (χ3n) is 1.01. The van der Waals surface area contributed by atoms with Crippen molar-refractivity contribution in [3.63, 3.8) is 0 Å². The van der Waals surface area contributed by atoms with E-state index < -0.39 is 24.0 Å². The van der Waals surface area contributed by atoms with Gasteiger partial charge in [0, 0.05) is 0 Å². The van der Waals surface area contributed by atoms with Crippen molar-refractivity contribution in [2.75, 3.05) is 0 Å². The summed E-state index contributed by atoms with van der Waals surface area (Å²) < 4.78 is 80.2. The fourth-order valence-electron chi connectivity index (χ4n) is 0.306. The van der Waals surface area contributed by atoms with Gasteiger partial charge in [0.25, 0.3) is 0 Å². The van der Waals surface area contributed by atoms with Crippen LogP contribution in [0.1, 0.15) is 0 Å². The Bertz CT molecular complexity index is 225. The zero-order valence-electron chi connectivity index (χ0n) is 6.96. The van der Waals surface area contributed by atoms with E-state index in [1.54, 1.807) is 0 Å². The van der Waals surface area contributed by atoms with Gasteiger partial charge in [-0.05, 0) is 0 Å². The smallest absolute Gasteiger partial charge is 0.544 e. The topological polar surface area (TPSA) is 71.6 Å². The van der Waals surface area contributed by atoms with E-state index >= 15 is 0 Å². The molecule has 0 aliphatic rings. The van der Waals surface area contributed by atoms with Gasteiger partial charge in [0.1, 0.15) is 5.97 Å². The molecule has 3 nitrogen and oxygen atoms in total. The summed E-state index contributed by atoms with van der Waals surface area (Å²) >= 11 is 0. The Morgan fingerprint density at radius 2 is 1.20 bits per heavy atom. The Labute approximate surface area is 99.8 Å². The number of hydrogen-bond donors (Lipinski definition) is 0. The van der Waals surface area contributed by atoms with Crippen molar-refractivity contribution in [1.29, 1.82) is 0 Å². The second-order valence-corrected chi connectivity index (χ2v) is 1.93. The summed E-state index contributed by atoms with van der Waals surface area (Å²) in [6.45, 7) is 0. The molecule has 0 radical (unpaired) electrons. The first-order chi connectivity index (χ1) is 5.44. The van der Waals surface area contributed by atoms with Crippen LogP contribution >= 0.6 is 0 Å². The molecule has 0 aromatic carbocycles. The average Bonchev–Trinajstić information content (AvgIpc) is 1.84. The summed E-state index contributed by atoms with van der Waals surface area (Å²) in [6.07, 6.45) is -6.64. The molecule has 0 aromatic rings. The predicted octanol–water partition coefficient (Wildman–Crippen LogP) is -3.25. The fourth-order valence-corrected chi connectivity index (χ4v) is 0.306. The second-order valence-electron chi connectivity index (χ2n) is 1.93. The molecule has 0 aliphatic heterocycles. The van der Waals surface area contributed by atoms with Crippen LogP contribution in [0.5, 0.6) is 0 Å². The van der Waals surface area contributed by atoms with Crippen LogP contribution in [0.3, 0.4) is 0 Å². The number of carboxylic acid groups (broad SMARTS) is 1. The fraction of sp³-hybridized carbons (Fsp3) is 0.750. The van der Waals surface area contributed by atoms with Gasteiger partial charge in [-0.2, -0.15) is 30.7 Å². The molecule has 15 heavy (non-hydrogen) atoms. The van der Waals surface area contributed by atoms with Gasteiger partial charge < -0.3 is 15.4 Å². The van der Waals surface area contributed by atoms with Crippen LogP contribution in [0.4, 0.5) is 30.7 Å². The number of carbonyl (C=O) groups excluding carboxylic acids is 1. The first-order valence-electron chi connectivity index (χ1n) is 2.48. The van der Waals surface area contributed by atoms with Crippen LogP contribution in [0, 0.1) is 0 Å². The molecule has 0 fully saturated rings. The Morgan fingerprint density at radius 1 is 0.933 bits per heavy atom. The van der Waals surface area contributed by atoms with Crippen LogP contribution in [-0.4, -0.2) is 29.5 Å². The zero-order valence-corrected chi connectivity index (χ0v) is 8.96. The Hall–Kier alpha value is -0.0600. The molecule has 86 valence electrons. The number of aliphatic carboxylic acids is 1. The third-order valence-corrected chi connectivity index (χ3v) is 1.01. The first-order valence-corrected chi connectivity index (χ1v) is 2.48. The van der Waals surface area contributed by atoms with Gasteiger partial charge >= 0.3 is 47.6 Å². The van der Waals surface area contributed by atoms with E-state index in [2.05, 4.69) is 0 Å². The maximum atomic E-state index is 11.7. The number of carboxylic acids is 1. The molecular formula is C4H2F7NaO3. The van der Waals surface area contributed by atoms with Crippen molar-refractivity contribution >= 4 is 5.97 Å². The summed E-state index contributed by atoms with van der Waals surface area (Å²) in [5, 5.41) is 9.27. The molecule has 0 saturated heterocycles. The zero-order chi connectivity index (χ0) is 11.1. The van der Waals surface area contributed by atoms with E-state index in [9.17, 15) is 40.6 Å². The van der Waals surface area contributed by atoms with Crippen LogP contribution in [0.25, 0.3) is 0 Å². The monoisotopic (exact) mass is 254 g/mol. The predicted molar refractivity (Wildman–Crippen MR) is 24.6 cm³/mol. The molecule has 0 rings (SSSR count). The molecule has 0 aromatic heterocycles. The molecule has 0 heterocycles. The molecule has 0 aliphatic carbocycles. The number of hydrogen-bond acceptors (Lipinski definition) is 2. The van der Waals surface area contributed by atoms with Crippen molar-refractivity contribution in [3.8, 4) is 0 Å². The van der Waals surface area contributed by atoms with Gasteiger partial charge in [-0.3, -0.25) is 0 Å². The minimum absolute atomic E-state index is 0. The summed E-state index contributed by atoms with van der Waals surface area (Å²) in [6, 6.07) is 0. The molecule has 0 bridgehead atoms. The summed E-state index contributed by atoms with van der Waals surface area (Å²) in [7, 11) is 0. The molecule has 0 unspecified atom stereocenters. The Kier molecular flexibility index (Phi) is 7.23. The van der Waals surface area contributed by atoms with E-state index in [0.717, 1.165) is 0 Å². The SMILES string of the molecule is O.O=C([O-])C(F)(F)C(F)(F)C(F)(F)F.[Na+]. The minimum atomic E-state index is -6.64. The van der Waals surface area contributed by atoms with Gasteiger partial charge in [0.15, 0.2) is 0 Å². The molecule has 11 heteroatoms.